The van der Waals surface area contributed by atoms with Gasteiger partial charge in [0.2, 0.25) is 0 Å². The van der Waals surface area contributed by atoms with Gasteiger partial charge >= 0.3 is 6.03 Å². The van der Waals surface area contributed by atoms with E-state index in [1.165, 1.54) is 4.88 Å². The Morgan fingerprint density at radius 2 is 2.00 bits per heavy atom. The maximum atomic E-state index is 12.0. The van der Waals surface area contributed by atoms with Crippen LogP contribution in [0.15, 0.2) is 18.3 Å². The van der Waals surface area contributed by atoms with Gasteiger partial charge in [-0.3, -0.25) is 0 Å². The van der Waals surface area contributed by atoms with Gasteiger partial charge in [0.25, 0.3) is 0 Å². The monoisotopic (exact) mass is 361 g/mol. The van der Waals surface area contributed by atoms with Gasteiger partial charge in [-0.05, 0) is 35.6 Å². The first kappa shape index (κ1) is 17.5. The van der Waals surface area contributed by atoms with Gasteiger partial charge in [0, 0.05) is 17.6 Å². The number of carbonyl (C=O) groups excluding carboxylic acids is 1. The Labute approximate surface area is 151 Å². The normalized spacial score (nSPS) is 16.7. The first-order valence-corrected chi connectivity index (χ1v) is 9.04. The van der Waals surface area contributed by atoms with E-state index in [4.69, 9.17) is 15.2 Å². The fourth-order valence-electron chi connectivity index (χ4n) is 3.14. The van der Waals surface area contributed by atoms with Crippen LogP contribution in [0.2, 0.25) is 0 Å². The van der Waals surface area contributed by atoms with Crippen molar-refractivity contribution < 1.29 is 14.3 Å². The summed E-state index contributed by atoms with van der Waals surface area (Å²) in [6, 6.07) is 3.19. The maximum Gasteiger partial charge on any atom is 0.315 e. The van der Waals surface area contributed by atoms with Gasteiger partial charge in [0.05, 0.1) is 14.2 Å². The highest BCUT2D eigenvalue weighted by Gasteiger charge is 2.34. The van der Waals surface area contributed by atoms with Crippen LogP contribution >= 0.6 is 11.3 Å². The summed E-state index contributed by atoms with van der Waals surface area (Å²) in [7, 11) is 3.23. The number of primary amides is 1. The minimum absolute atomic E-state index is 0.293. The van der Waals surface area contributed by atoms with Crippen molar-refractivity contribution >= 4 is 17.4 Å². The zero-order valence-electron chi connectivity index (χ0n) is 14.9. The van der Waals surface area contributed by atoms with Crippen molar-refractivity contribution in [1.29, 1.82) is 0 Å². The second-order valence-electron chi connectivity index (χ2n) is 6.35. The quantitative estimate of drug-likeness (QED) is 0.906. The second kappa shape index (κ2) is 6.92. The average Bonchev–Trinajstić information content (AvgIpc) is 3.09. The maximum absolute atomic E-state index is 12.0. The lowest BCUT2D eigenvalue weighted by molar-refractivity contribution is 0.189. The molecule has 1 atom stereocenters. The molecule has 2 amide bonds. The SMILES string of the molecule is COc1cc2c(cc1OC)C(c1ncc(C(C)C)s1)N(C(N)=O)CC2. The number of ether oxygens (including phenoxy) is 2. The molecule has 0 aliphatic carbocycles. The van der Waals surface area contributed by atoms with E-state index in [1.807, 2.05) is 18.3 Å². The molecular weight excluding hydrogens is 338 g/mol. The molecule has 0 fully saturated rings. The predicted molar refractivity (Wildman–Crippen MR) is 97.6 cm³/mol. The molecule has 134 valence electrons. The minimum atomic E-state index is -0.438. The lowest BCUT2D eigenvalue weighted by atomic mass is 9.92. The molecule has 6 nitrogen and oxygen atoms in total. The van der Waals surface area contributed by atoms with E-state index in [9.17, 15) is 4.79 Å². The molecule has 1 unspecified atom stereocenters. The zero-order chi connectivity index (χ0) is 18.1. The Morgan fingerprint density at radius 1 is 1.32 bits per heavy atom. The third kappa shape index (κ3) is 3.16. The number of nitrogens with zero attached hydrogens (tertiary/aromatic N) is 2. The molecule has 0 bridgehead atoms. The van der Waals surface area contributed by atoms with Crippen LogP contribution < -0.4 is 15.2 Å². The first-order valence-electron chi connectivity index (χ1n) is 8.22. The minimum Gasteiger partial charge on any atom is -0.493 e. The van der Waals surface area contributed by atoms with E-state index in [2.05, 4.69) is 18.8 Å². The average molecular weight is 361 g/mol. The summed E-state index contributed by atoms with van der Waals surface area (Å²) in [6.45, 7) is 4.82. The number of aromatic nitrogens is 1. The number of rotatable bonds is 4. The van der Waals surface area contributed by atoms with Gasteiger partial charge < -0.3 is 20.1 Å². The summed E-state index contributed by atoms with van der Waals surface area (Å²) in [5, 5.41) is 0.871. The number of thiazole rings is 1. The molecule has 3 rings (SSSR count). The van der Waals surface area contributed by atoms with Gasteiger partial charge in [0.1, 0.15) is 11.0 Å². The smallest absolute Gasteiger partial charge is 0.315 e. The molecule has 25 heavy (non-hydrogen) atoms. The topological polar surface area (TPSA) is 77.7 Å². The lowest BCUT2D eigenvalue weighted by Crippen LogP contribution is -2.43. The molecule has 0 saturated carbocycles. The number of amides is 2. The van der Waals surface area contributed by atoms with Crippen LogP contribution in [0.5, 0.6) is 11.5 Å². The molecule has 1 aliphatic rings. The number of methoxy groups -OCH3 is 2. The fourth-order valence-corrected chi connectivity index (χ4v) is 4.20. The Hall–Kier alpha value is -2.28. The largest absolute Gasteiger partial charge is 0.493 e. The summed E-state index contributed by atoms with van der Waals surface area (Å²) in [4.78, 5) is 19.5. The molecule has 0 spiro atoms. The summed E-state index contributed by atoms with van der Waals surface area (Å²) in [6.07, 6.45) is 2.61. The van der Waals surface area contributed by atoms with Crippen LogP contribution in [0.1, 0.15) is 46.8 Å². The Kier molecular flexibility index (Phi) is 4.85. The third-order valence-electron chi connectivity index (χ3n) is 4.50. The summed E-state index contributed by atoms with van der Waals surface area (Å²) in [5.41, 5.74) is 7.77. The van der Waals surface area contributed by atoms with Crippen molar-refractivity contribution in [1.82, 2.24) is 9.88 Å². The molecule has 7 heteroatoms. The molecule has 0 radical (unpaired) electrons. The third-order valence-corrected chi connectivity index (χ3v) is 5.85. The fraction of sp³-hybridized carbons (Fsp3) is 0.444. The molecule has 0 saturated heterocycles. The number of hydrogen-bond donors (Lipinski definition) is 1. The summed E-state index contributed by atoms with van der Waals surface area (Å²) < 4.78 is 10.9. The van der Waals surface area contributed by atoms with Gasteiger partial charge in [0.15, 0.2) is 11.5 Å². The van der Waals surface area contributed by atoms with Crippen molar-refractivity contribution in [3.63, 3.8) is 0 Å². The standard InChI is InChI=1S/C18H23N3O3S/c1-10(2)15-9-20-17(25-15)16-12-8-14(24-4)13(23-3)7-11(12)5-6-21(16)18(19)22/h7-10,16H,5-6H2,1-4H3,(H2,19,22). The number of carbonyl (C=O) groups is 1. The Morgan fingerprint density at radius 3 is 2.56 bits per heavy atom. The Balaban J connectivity index is 2.14. The summed E-state index contributed by atoms with van der Waals surface area (Å²) in [5.74, 6) is 1.72. The van der Waals surface area contributed by atoms with Crippen LogP contribution in [0, 0.1) is 0 Å². The van der Waals surface area contributed by atoms with Crippen LogP contribution in [0.25, 0.3) is 0 Å². The second-order valence-corrected chi connectivity index (χ2v) is 7.44. The molecular formula is C18H23N3O3S. The van der Waals surface area contributed by atoms with E-state index in [1.54, 1.807) is 30.5 Å². The molecule has 1 aromatic carbocycles. The van der Waals surface area contributed by atoms with Crippen molar-refractivity contribution in [2.45, 2.75) is 32.2 Å². The van der Waals surface area contributed by atoms with Gasteiger partial charge in [-0.25, -0.2) is 9.78 Å². The van der Waals surface area contributed by atoms with Crippen LogP contribution in [-0.4, -0.2) is 36.7 Å². The number of nitrogens with two attached hydrogens (primary N) is 1. The van der Waals surface area contributed by atoms with Gasteiger partial charge in [-0.1, -0.05) is 13.8 Å². The highest BCUT2D eigenvalue weighted by molar-refractivity contribution is 7.11. The highest BCUT2D eigenvalue weighted by atomic mass is 32.1. The molecule has 2 heterocycles. The van der Waals surface area contributed by atoms with Gasteiger partial charge in [-0.2, -0.15) is 0 Å². The molecule has 2 N–H and O–H groups in total. The van der Waals surface area contributed by atoms with E-state index >= 15 is 0 Å². The van der Waals surface area contributed by atoms with E-state index < -0.39 is 6.03 Å². The van der Waals surface area contributed by atoms with Crippen LogP contribution in [0.4, 0.5) is 4.79 Å². The van der Waals surface area contributed by atoms with Crippen molar-refractivity contribution in [2.24, 2.45) is 5.73 Å². The number of hydrogen-bond acceptors (Lipinski definition) is 5. The number of urea groups is 1. The van der Waals surface area contributed by atoms with E-state index in [0.29, 0.717) is 24.0 Å². The van der Waals surface area contributed by atoms with Crippen molar-refractivity contribution in [2.75, 3.05) is 20.8 Å². The number of benzene rings is 1. The Bertz CT molecular complexity index is 788. The van der Waals surface area contributed by atoms with Gasteiger partial charge in [-0.15, -0.1) is 11.3 Å². The number of fused-ring (bicyclic) bond motifs is 1. The van der Waals surface area contributed by atoms with E-state index in [0.717, 1.165) is 22.6 Å². The van der Waals surface area contributed by atoms with E-state index in [-0.39, 0.29) is 6.04 Å². The highest BCUT2D eigenvalue weighted by Crippen LogP contribution is 2.42. The first-order chi connectivity index (χ1) is 12.0. The van der Waals surface area contributed by atoms with Crippen molar-refractivity contribution in [3.05, 3.63) is 39.3 Å². The summed E-state index contributed by atoms with van der Waals surface area (Å²) >= 11 is 1.62. The lowest BCUT2D eigenvalue weighted by Gasteiger charge is -2.35. The predicted octanol–water partition coefficient (Wildman–Crippen LogP) is 3.31. The molecule has 1 aromatic heterocycles. The molecule has 1 aliphatic heterocycles. The van der Waals surface area contributed by atoms with Crippen molar-refractivity contribution in [3.8, 4) is 11.5 Å². The zero-order valence-corrected chi connectivity index (χ0v) is 15.7. The molecule has 2 aromatic rings. The van der Waals surface area contributed by atoms with Crippen LogP contribution in [-0.2, 0) is 6.42 Å². The van der Waals surface area contributed by atoms with Crippen LogP contribution in [0.3, 0.4) is 0 Å².